The zero-order valence-electron chi connectivity index (χ0n) is 17.5. The van der Waals surface area contributed by atoms with Gasteiger partial charge in [-0.25, -0.2) is 4.39 Å². The average molecular weight is 450 g/mol. The summed E-state index contributed by atoms with van der Waals surface area (Å²) in [5.74, 6) is -0.907. The van der Waals surface area contributed by atoms with Crippen molar-refractivity contribution < 1.29 is 31.6 Å². The van der Waals surface area contributed by atoms with Crippen LogP contribution in [0.15, 0.2) is 54.6 Å². The van der Waals surface area contributed by atoms with Gasteiger partial charge < -0.3 is 14.7 Å². The van der Waals surface area contributed by atoms with Crippen LogP contribution in [0.5, 0.6) is 0 Å². The van der Waals surface area contributed by atoms with Gasteiger partial charge in [0.2, 0.25) is 5.91 Å². The van der Waals surface area contributed by atoms with Gasteiger partial charge in [0.25, 0.3) is 5.91 Å². The molecule has 5 nitrogen and oxygen atoms in total. The molecular formula is C23H24F4N3O2+. The van der Waals surface area contributed by atoms with Crippen LogP contribution in [0.4, 0.5) is 23.2 Å². The van der Waals surface area contributed by atoms with Crippen molar-refractivity contribution >= 4 is 23.6 Å². The van der Waals surface area contributed by atoms with Gasteiger partial charge in [0.1, 0.15) is 5.82 Å². The molecule has 1 fully saturated rings. The molecule has 0 atom stereocenters. The number of carbonyl (C=O) groups excluding carboxylic acids is 2. The van der Waals surface area contributed by atoms with E-state index >= 15 is 0 Å². The molecule has 2 aromatic carbocycles. The maximum Gasteiger partial charge on any atom is 0.416 e. The fraction of sp³-hybridized carbons (Fsp3) is 0.304. The van der Waals surface area contributed by atoms with E-state index in [9.17, 15) is 27.2 Å². The minimum absolute atomic E-state index is 0.0870. The molecule has 9 heteroatoms. The number of benzene rings is 2. The van der Waals surface area contributed by atoms with E-state index in [-0.39, 0.29) is 29.9 Å². The molecule has 0 aromatic heterocycles. The zero-order chi connectivity index (χ0) is 23.4. The highest BCUT2D eigenvalue weighted by molar-refractivity contribution is 5.92. The second kappa shape index (κ2) is 9.52. The van der Waals surface area contributed by atoms with E-state index in [4.69, 9.17) is 0 Å². The molecule has 0 spiro atoms. The number of amides is 2. The van der Waals surface area contributed by atoms with Crippen molar-refractivity contribution in [1.29, 1.82) is 0 Å². The van der Waals surface area contributed by atoms with Crippen molar-refractivity contribution in [3.8, 4) is 0 Å². The molecule has 170 valence electrons. The normalized spacial score (nSPS) is 16.2. The summed E-state index contributed by atoms with van der Waals surface area (Å²) in [5, 5.41) is 2.53. The van der Waals surface area contributed by atoms with Crippen molar-refractivity contribution in [1.82, 2.24) is 4.90 Å². The second-order valence-electron chi connectivity index (χ2n) is 8.06. The minimum atomic E-state index is -4.48. The predicted octanol–water partition coefficient (Wildman–Crippen LogP) is 3.79. The van der Waals surface area contributed by atoms with E-state index in [0.717, 1.165) is 12.1 Å². The summed E-state index contributed by atoms with van der Waals surface area (Å²) in [7, 11) is 1.88. The molecule has 3 rings (SSSR count). The van der Waals surface area contributed by atoms with Crippen LogP contribution in [-0.4, -0.2) is 61.0 Å². The monoisotopic (exact) mass is 450 g/mol. The highest BCUT2D eigenvalue weighted by Gasteiger charge is 2.33. The summed E-state index contributed by atoms with van der Waals surface area (Å²) in [6.45, 7) is 2.04. The van der Waals surface area contributed by atoms with Gasteiger partial charge in [0.15, 0.2) is 6.54 Å². The van der Waals surface area contributed by atoms with E-state index in [0.29, 0.717) is 36.2 Å². The molecule has 1 aliphatic heterocycles. The Bertz CT molecular complexity index is 995. The lowest BCUT2D eigenvalue weighted by molar-refractivity contribution is -0.905. The van der Waals surface area contributed by atoms with E-state index in [1.54, 1.807) is 23.1 Å². The minimum Gasteiger partial charge on any atom is -0.328 e. The molecule has 0 unspecified atom stereocenters. The van der Waals surface area contributed by atoms with Gasteiger partial charge in [-0.1, -0.05) is 18.2 Å². The van der Waals surface area contributed by atoms with Crippen LogP contribution in [-0.2, 0) is 15.8 Å². The smallest absolute Gasteiger partial charge is 0.328 e. The number of quaternary nitrogens is 1. The van der Waals surface area contributed by atoms with Crippen molar-refractivity contribution in [3.05, 3.63) is 71.6 Å². The Morgan fingerprint density at radius 2 is 1.75 bits per heavy atom. The van der Waals surface area contributed by atoms with Crippen molar-refractivity contribution in [2.45, 2.75) is 6.18 Å². The largest absolute Gasteiger partial charge is 0.416 e. The lowest BCUT2D eigenvalue weighted by Gasteiger charge is -2.41. The first kappa shape index (κ1) is 23.5. The Morgan fingerprint density at radius 1 is 1.09 bits per heavy atom. The van der Waals surface area contributed by atoms with Crippen LogP contribution in [0.25, 0.3) is 6.08 Å². The highest BCUT2D eigenvalue weighted by Crippen LogP contribution is 2.30. The number of hydrogen-bond acceptors (Lipinski definition) is 2. The van der Waals surface area contributed by atoms with Crippen LogP contribution < -0.4 is 5.32 Å². The van der Waals surface area contributed by atoms with Gasteiger partial charge in [-0.15, -0.1) is 0 Å². The van der Waals surface area contributed by atoms with Crippen molar-refractivity contribution in [3.63, 3.8) is 0 Å². The number of hydrogen-bond donors (Lipinski definition) is 1. The maximum atomic E-state index is 13.0. The summed E-state index contributed by atoms with van der Waals surface area (Å²) < 4.78 is 51.8. The Labute approximate surface area is 183 Å². The summed E-state index contributed by atoms with van der Waals surface area (Å²) in [6.07, 6.45) is -1.43. The molecule has 0 aliphatic carbocycles. The van der Waals surface area contributed by atoms with Gasteiger partial charge in [0, 0.05) is 11.8 Å². The van der Waals surface area contributed by atoms with E-state index in [2.05, 4.69) is 5.32 Å². The summed E-state index contributed by atoms with van der Waals surface area (Å²) in [4.78, 5) is 26.5. The fourth-order valence-electron chi connectivity index (χ4n) is 3.49. The molecule has 32 heavy (non-hydrogen) atoms. The number of likely N-dealkylation sites (N-methyl/N-ethyl adjacent to an activating group) is 1. The maximum absolute atomic E-state index is 13.0. The highest BCUT2D eigenvalue weighted by atomic mass is 19.4. The molecular weight excluding hydrogens is 426 g/mol. The molecule has 0 radical (unpaired) electrons. The SMILES string of the molecule is C[N+]1(CC(=O)Nc2cccc(C(F)(F)F)c2)CCN(C(=O)/C=C/c2ccc(F)cc2)CC1. The number of halogens is 4. The number of anilines is 1. The number of alkyl halides is 3. The Balaban J connectivity index is 1.51. The first-order chi connectivity index (χ1) is 15.0. The topological polar surface area (TPSA) is 49.4 Å². The van der Waals surface area contributed by atoms with Gasteiger partial charge in [0.05, 0.1) is 38.8 Å². The summed E-state index contributed by atoms with van der Waals surface area (Å²) in [5.41, 5.74) is -0.0173. The first-order valence-electron chi connectivity index (χ1n) is 10.1. The van der Waals surface area contributed by atoms with Crippen LogP contribution in [0.2, 0.25) is 0 Å². The number of carbonyl (C=O) groups is 2. The van der Waals surface area contributed by atoms with E-state index in [1.165, 1.54) is 30.3 Å². The van der Waals surface area contributed by atoms with Crippen molar-refractivity contribution in [2.75, 3.05) is 45.1 Å². The number of piperazine rings is 1. The molecule has 0 saturated carbocycles. The molecule has 0 bridgehead atoms. The lowest BCUT2D eigenvalue weighted by atomic mass is 10.2. The molecule has 1 saturated heterocycles. The Kier molecular flexibility index (Phi) is 6.98. The lowest BCUT2D eigenvalue weighted by Crippen LogP contribution is -2.60. The molecule has 1 heterocycles. The second-order valence-corrected chi connectivity index (χ2v) is 8.06. The van der Waals surface area contributed by atoms with Crippen LogP contribution in [0.3, 0.4) is 0 Å². The first-order valence-corrected chi connectivity index (χ1v) is 10.1. The third-order valence-corrected chi connectivity index (χ3v) is 5.42. The van der Waals surface area contributed by atoms with Gasteiger partial charge in [-0.2, -0.15) is 13.2 Å². The van der Waals surface area contributed by atoms with E-state index in [1.807, 2.05) is 7.05 Å². The number of nitrogens with one attached hydrogen (secondary N) is 1. The average Bonchev–Trinajstić information content (AvgIpc) is 2.73. The summed E-state index contributed by atoms with van der Waals surface area (Å²) in [6, 6.07) is 10.3. The predicted molar refractivity (Wildman–Crippen MR) is 113 cm³/mol. The van der Waals surface area contributed by atoms with Crippen LogP contribution >= 0.6 is 0 Å². The molecule has 2 amide bonds. The third kappa shape index (κ3) is 6.40. The summed E-state index contributed by atoms with van der Waals surface area (Å²) >= 11 is 0. The van der Waals surface area contributed by atoms with Gasteiger partial charge in [-0.3, -0.25) is 9.59 Å². The fourth-order valence-corrected chi connectivity index (χ4v) is 3.49. The van der Waals surface area contributed by atoms with Crippen LogP contribution in [0.1, 0.15) is 11.1 Å². The molecule has 1 N–H and O–H groups in total. The van der Waals surface area contributed by atoms with Gasteiger partial charge >= 0.3 is 6.18 Å². The standard InChI is InChI=1S/C23H23F4N3O2/c1-30(16-21(31)28-20-4-2-3-18(15-20)23(25,26)27)13-11-29(12-14-30)22(32)10-7-17-5-8-19(24)9-6-17/h2-10,15H,11-14,16H2,1H3/p+1/b10-7+. The Morgan fingerprint density at radius 3 is 2.38 bits per heavy atom. The van der Waals surface area contributed by atoms with Gasteiger partial charge in [-0.05, 0) is 42.0 Å². The van der Waals surface area contributed by atoms with Crippen LogP contribution in [0, 0.1) is 5.82 Å². The molecule has 2 aromatic rings. The number of nitrogens with zero attached hydrogens (tertiary/aromatic N) is 2. The van der Waals surface area contributed by atoms with Crippen molar-refractivity contribution in [2.24, 2.45) is 0 Å². The Hall–Kier alpha value is -3.20. The third-order valence-electron chi connectivity index (χ3n) is 5.42. The zero-order valence-corrected chi connectivity index (χ0v) is 17.5. The quantitative estimate of drug-likeness (QED) is 0.428. The van der Waals surface area contributed by atoms with E-state index < -0.39 is 11.7 Å². The number of rotatable bonds is 5. The molecule has 1 aliphatic rings.